The minimum absolute atomic E-state index is 0. The molecule has 1 aromatic rings. The summed E-state index contributed by atoms with van der Waals surface area (Å²) in [6, 6.07) is 0. The number of likely N-dealkylation sites (N-methyl/N-ethyl adjacent to an activating group) is 1. The van der Waals surface area contributed by atoms with Gasteiger partial charge in [0.1, 0.15) is 5.82 Å². The van der Waals surface area contributed by atoms with Crippen molar-refractivity contribution in [2.45, 2.75) is 44.8 Å². The Hall–Kier alpha value is -0.590. The van der Waals surface area contributed by atoms with Crippen LogP contribution in [0, 0.1) is 5.92 Å². The second-order valence-corrected chi connectivity index (χ2v) is 8.06. The van der Waals surface area contributed by atoms with E-state index >= 15 is 0 Å². The molecule has 0 aliphatic rings. The number of methoxy groups -OCH3 is 1. The highest BCUT2D eigenvalue weighted by atomic mass is 127. The van der Waals surface area contributed by atoms with Gasteiger partial charge in [-0.15, -0.1) is 34.2 Å². The van der Waals surface area contributed by atoms with E-state index in [0.29, 0.717) is 5.92 Å². The van der Waals surface area contributed by atoms with Crippen molar-refractivity contribution in [2.75, 3.05) is 60.2 Å². The summed E-state index contributed by atoms with van der Waals surface area (Å²) in [4.78, 5) is 6.59. The molecule has 0 saturated carbocycles. The summed E-state index contributed by atoms with van der Waals surface area (Å²) < 4.78 is 7.34. The Bertz CT molecular complexity index is 569. The molecule has 0 radical (unpaired) electrons. The van der Waals surface area contributed by atoms with Crippen molar-refractivity contribution >= 4 is 41.7 Å². The molecule has 0 aliphatic carbocycles. The molecule has 0 fully saturated rings. The fourth-order valence-electron chi connectivity index (χ4n) is 2.83. The average Bonchev–Trinajstić information content (AvgIpc) is 3.04. The Kier molecular flexibility index (Phi) is 16.8. The van der Waals surface area contributed by atoms with Crippen LogP contribution in [0.1, 0.15) is 32.5 Å². The van der Waals surface area contributed by atoms with Crippen molar-refractivity contribution in [2.24, 2.45) is 10.9 Å². The van der Waals surface area contributed by atoms with Crippen molar-refractivity contribution in [1.82, 2.24) is 30.3 Å². The number of rotatable bonds is 14. The molecule has 29 heavy (non-hydrogen) atoms. The van der Waals surface area contributed by atoms with E-state index < -0.39 is 0 Å². The van der Waals surface area contributed by atoms with Gasteiger partial charge in [-0.25, -0.2) is 0 Å². The highest BCUT2D eigenvalue weighted by Crippen LogP contribution is 2.16. The van der Waals surface area contributed by atoms with Gasteiger partial charge in [-0.1, -0.05) is 25.6 Å². The lowest BCUT2D eigenvalue weighted by molar-refractivity contribution is 0.180. The Morgan fingerprint density at radius 3 is 2.55 bits per heavy atom. The van der Waals surface area contributed by atoms with Gasteiger partial charge in [0.15, 0.2) is 11.1 Å². The van der Waals surface area contributed by atoms with Gasteiger partial charge in [-0.3, -0.25) is 4.99 Å². The SMILES string of the molecule is CN=C(NCCCc1nnc(SC)n1CC(C)C)NCCN(C)CCCOC.I. The summed E-state index contributed by atoms with van der Waals surface area (Å²) >= 11 is 1.66. The van der Waals surface area contributed by atoms with E-state index in [-0.39, 0.29) is 24.0 Å². The highest BCUT2D eigenvalue weighted by Gasteiger charge is 2.12. The number of aryl methyl sites for hydroxylation is 1. The maximum atomic E-state index is 5.09. The van der Waals surface area contributed by atoms with Crippen LogP contribution in [0.5, 0.6) is 0 Å². The minimum Gasteiger partial charge on any atom is -0.385 e. The molecule has 10 heteroatoms. The molecule has 8 nitrogen and oxygen atoms in total. The van der Waals surface area contributed by atoms with Gasteiger partial charge in [0.05, 0.1) is 0 Å². The highest BCUT2D eigenvalue weighted by molar-refractivity contribution is 14.0. The molecule has 0 aromatic carbocycles. The zero-order valence-electron chi connectivity index (χ0n) is 18.9. The van der Waals surface area contributed by atoms with Crippen molar-refractivity contribution in [1.29, 1.82) is 0 Å². The first-order valence-electron chi connectivity index (χ1n) is 10.1. The molecule has 0 unspecified atom stereocenters. The third-order valence-corrected chi connectivity index (χ3v) is 4.96. The molecule has 0 amide bonds. The van der Waals surface area contributed by atoms with E-state index in [9.17, 15) is 0 Å². The molecule has 1 aromatic heterocycles. The van der Waals surface area contributed by atoms with Gasteiger partial charge in [0.2, 0.25) is 0 Å². The molecule has 1 heterocycles. The number of guanidine groups is 1. The van der Waals surface area contributed by atoms with E-state index in [2.05, 4.69) is 62.4 Å². The van der Waals surface area contributed by atoms with Crippen molar-refractivity contribution in [3.05, 3.63) is 5.82 Å². The molecule has 0 aliphatic heterocycles. The third kappa shape index (κ3) is 12.0. The van der Waals surface area contributed by atoms with Gasteiger partial charge >= 0.3 is 0 Å². The van der Waals surface area contributed by atoms with E-state index in [1.807, 2.05) is 7.05 Å². The normalized spacial score (nSPS) is 11.8. The number of halogens is 1. The molecular weight excluding hydrogens is 501 g/mol. The summed E-state index contributed by atoms with van der Waals surface area (Å²) in [6.45, 7) is 9.95. The average molecular weight is 542 g/mol. The second kappa shape index (κ2) is 17.1. The Balaban J connectivity index is 0.00000784. The largest absolute Gasteiger partial charge is 0.385 e. The molecule has 0 saturated heterocycles. The van der Waals surface area contributed by atoms with Crippen LogP contribution in [0.25, 0.3) is 0 Å². The Morgan fingerprint density at radius 1 is 1.21 bits per heavy atom. The second-order valence-electron chi connectivity index (χ2n) is 7.29. The smallest absolute Gasteiger partial charge is 0.191 e. The predicted octanol–water partition coefficient (Wildman–Crippen LogP) is 2.34. The van der Waals surface area contributed by atoms with E-state index in [4.69, 9.17) is 4.74 Å². The number of hydrogen-bond acceptors (Lipinski definition) is 6. The van der Waals surface area contributed by atoms with Crippen LogP contribution in [-0.2, 0) is 17.7 Å². The lowest BCUT2D eigenvalue weighted by atomic mass is 10.2. The van der Waals surface area contributed by atoms with Crippen LogP contribution < -0.4 is 10.6 Å². The summed E-state index contributed by atoms with van der Waals surface area (Å²) in [7, 11) is 5.68. The van der Waals surface area contributed by atoms with Crippen LogP contribution in [0.4, 0.5) is 0 Å². The van der Waals surface area contributed by atoms with Crippen LogP contribution in [0.15, 0.2) is 10.1 Å². The first kappa shape index (κ1) is 28.4. The minimum atomic E-state index is 0. The molecular formula is C19H40IN7OS. The maximum Gasteiger partial charge on any atom is 0.191 e. The number of ether oxygens (including phenoxy) is 1. The molecule has 1 rings (SSSR count). The topological polar surface area (TPSA) is 79.6 Å². The number of hydrogen-bond donors (Lipinski definition) is 2. The lowest BCUT2D eigenvalue weighted by Crippen LogP contribution is -2.41. The van der Waals surface area contributed by atoms with Gasteiger partial charge in [-0.2, -0.15) is 0 Å². The van der Waals surface area contributed by atoms with Crippen LogP contribution in [0.3, 0.4) is 0 Å². The van der Waals surface area contributed by atoms with Crippen molar-refractivity contribution in [3.8, 4) is 0 Å². The number of thioether (sulfide) groups is 1. The predicted molar refractivity (Wildman–Crippen MR) is 134 cm³/mol. The molecule has 0 spiro atoms. The van der Waals surface area contributed by atoms with Gasteiger partial charge in [-0.05, 0) is 32.1 Å². The van der Waals surface area contributed by atoms with Gasteiger partial charge in [0.25, 0.3) is 0 Å². The van der Waals surface area contributed by atoms with Crippen LogP contribution >= 0.6 is 35.7 Å². The molecule has 170 valence electrons. The summed E-state index contributed by atoms with van der Waals surface area (Å²) in [6.07, 6.45) is 5.01. The number of nitrogens with one attached hydrogen (secondary N) is 2. The van der Waals surface area contributed by atoms with E-state index in [0.717, 1.165) is 75.5 Å². The quantitative estimate of drug-likeness (QED) is 0.123. The van der Waals surface area contributed by atoms with Crippen LogP contribution in [-0.4, -0.2) is 85.9 Å². The lowest BCUT2D eigenvalue weighted by Gasteiger charge is -2.18. The summed E-state index contributed by atoms with van der Waals surface area (Å²) in [5.41, 5.74) is 0. The van der Waals surface area contributed by atoms with Gasteiger partial charge < -0.3 is 24.8 Å². The molecule has 0 bridgehead atoms. The number of nitrogens with zero attached hydrogens (tertiary/aromatic N) is 5. The Labute approximate surface area is 198 Å². The van der Waals surface area contributed by atoms with Gasteiger partial charge in [0, 0.05) is 59.9 Å². The first-order valence-corrected chi connectivity index (χ1v) is 11.3. The number of aliphatic imine (C=N–C) groups is 1. The van der Waals surface area contributed by atoms with Crippen molar-refractivity contribution in [3.63, 3.8) is 0 Å². The zero-order valence-corrected chi connectivity index (χ0v) is 22.0. The van der Waals surface area contributed by atoms with E-state index in [1.54, 1.807) is 18.9 Å². The summed E-state index contributed by atoms with van der Waals surface area (Å²) in [5.74, 6) is 2.49. The monoisotopic (exact) mass is 541 g/mol. The summed E-state index contributed by atoms with van der Waals surface area (Å²) in [5, 5.41) is 16.4. The number of aromatic nitrogens is 3. The zero-order chi connectivity index (χ0) is 20.8. The molecule has 2 N–H and O–H groups in total. The van der Waals surface area contributed by atoms with E-state index in [1.165, 1.54) is 0 Å². The van der Waals surface area contributed by atoms with Crippen molar-refractivity contribution < 1.29 is 4.74 Å². The fraction of sp³-hybridized carbons (Fsp3) is 0.842. The fourth-order valence-corrected chi connectivity index (χ4v) is 3.36. The van der Waals surface area contributed by atoms with Crippen LogP contribution in [0.2, 0.25) is 0 Å². The third-order valence-electron chi connectivity index (χ3n) is 4.29. The maximum absolute atomic E-state index is 5.09. The molecule has 0 atom stereocenters. The first-order chi connectivity index (χ1) is 13.5. The Morgan fingerprint density at radius 2 is 1.93 bits per heavy atom. The standard InChI is InChI=1S/C19H39N7OS.HI/c1-16(2)15-26-17(23-24-19(26)28-6)9-7-10-21-18(20-3)22-11-13-25(4)12-8-14-27-5;/h16H,7-15H2,1-6H3,(H2,20,21,22);1H.